The topological polar surface area (TPSA) is 25.4 Å². The van der Waals surface area contributed by atoms with E-state index in [0.717, 1.165) is 26.1 Å². The zero-order valence-electron chi connectivity index (χ0n) is 11.5. The SMILES string of the molecule is CCc1nc(N2CCCC2)c(CC)c2c1COC2. The Kier molecular flexibility index (Phi) is 3.25. The highest BCUT2D eigenvalue weighted by Crippen LogP contribution is 2.33. The largest absolute Gasteiger partial charge is 0.372 e. The quantitative estimate of drug-likeness (QED) is 0.820. The number of hydrogen-bond donors (Lipinski definition) is 0. The molecule has 3 nitrogen and oxygen atoms in total. The number of fused-ring (bicyclic) bond motifs is 1. The Balaban J connectivity index is 2.11. The maximum atomic E-state index is 5.66. The molecule has 1 aromatic rings. The molecule has 0 radical (unpaired) electrons. The first kappa shape index (κ1) is 12.0. The molecule has 0 aliphatic carbocycles. The molecule has 0 N–H and O–H groups in total. The molecule has 2 aliphatic rings. The Hall–Kier alpha value is -1.09. The van der Waals surface area contributed by atoms with E-state index in [4.69, 9.17) is 9.72 Å². The Labute approximate surface area is 109 Å². The molecule has 1 fully saturated rings. The van der Waals surface area contributed by atoms with Crippen LogP contribution >= 0.6 is 0 Å². The van der Waals surface area contributed by atoms with Crippen molar-refractivity contribution >= 4 is 5.82 Å². The van der Waals surface area contributed by atoms with E-state index in [2.05, 4.69) is 18.7 Å². The fourth-order valence-electron chi connectivity index (χ4n) is 3.21. The molecule has 2 aliphatic heterocycles. The second kappa shape index (κ2) is 4.88. The lowest BCUT2D eigenvalue weighted by atomic mass is 9.99. The van der Waals surface area contributed by atoms with Gasteiger partial charge in [-0.1, -0.05) is 13.8 Å². The molecule has 1 aromatic heterocycles. The average Bonchev–Trinajstić information content (AvgIpc) is 3.07. The molecule has 0 amide bonds. The van der Waals surface area contributed by atoms with E-state index in [-0.39, 0.29) is 0 Å². The van der Waals surface area contributed by atoms with Gasteiger partial charge >= 0.3 is 0 Å². The minimum absolute atomic E-state index is 0.763. The fourth-order valence-corrected chi connectivity index (χ4v) is 3.21. The summed E-state index contributed by atoms with van der Waals surface area (Å²) in [6.07, 6.45) is 4.69. The average molecular weight is 246 g/mol. The molecule has 1 saturated heterocycles. The summed E-state index contributed by atoms with van der Waals surface area (Å²) in [5.41, 5.74) is 5.49. The minimum Gasteiger partial charge on any atom is -0.372 e. The number of nitrogens with zero attached hydrogens (tertiary/aromatic N) is 2. The van der Waals surface area contributed by atoms with E-state index in [9.17, 15) is 0 Å². The van der Waals surface area contributed by atoms with Crippen molar-refractivity contribution in [3.63, 3.8) is 0 Å². The Morgan fingerprint density at radius 3 is 2.44 bits per heavy atom. The van der Waals surface area contributed by atoms with Crippen molar-refractivity contribution in [1.82, 2.24) is 4.98 Å². The van der Waals surface area contributed by atoms with Crippen molar-refractivity contribution in [3.8, 4) is 0 Å². The third kappa shape index (κ3) is 1.81. The van der Waals surface area contributed by atoms with Crippen LogP contribution < -0.4 is 4.90 Å². The van der Waals surface area contributed by atoms with Gasteiger partial charge in [0.15, 0.2) is 0 Å². The van der Waals surface area contributed by atoms with Gasteiger partial charge in [0.05, 0.1) is 13.2 Å². The molecular weight excluding hydrogens is 224 g/mol. The summed E-state index contributed by atoms with van der Waals surface area (Å²) in [5.74, 6) is 1.25. The fraction of sp³-hybridized carbons (Fsp3) is 0.667. The summed E-state index contributed by atoms with van der Waals surface area (Å²) >= 11 is 0. The van der Waals surface area contributed by atoms with Crippen molar-refractivity contribution in [1.29, 1.82) is 0 Å². The highest BCUT2D eigenvalue weighted by atomic mass is 16.5. The third-order valence-corrected chi connectivity index (χ3v) is 4.17. The molecule has 3 heterocycles. The lowest BCUT2D eigenvalue weighted by Gasteiger charge is -2.23. The van der Waals surface area contributed by atoms with Gasteiger partial charge in [0, 0.05) is 29.9 Å². The molecule has 0 spiro atoms. The van der Waals surface area contributed by atoms with Gasteiger partial charge in [0.1, 0.15) is 5.82 Å². The normalized spacial score (nSPS) is 18.4. The number of aryl methyl sites for hydroxylation is 1. The molecule has 0 aromatic carbocycles. The molecule has 98 valence electrons. The zero-order chi connectivity index (χ0) is 12.5. The standard InChI is InChI=1S/C15H22N2O/c1-3-11-12-9-18-10-13(12)14(4-2)16-15(11)17-7-5-6-8-17/h3-10H2,1-2H3. The first-order chi connectivity index (χ1) is 8.85. The highest BCUT2D eigenvalue weighted by Gasteiger charge is 2.25. The number of rotatable bonds is 3. The van der Waals surface area contributed by atoms with E-state index < -0.39 is 0 Å². The summed E-state index contributed by atoms with van der Waals surface area (Å²) < 4.78 is 5.66. The van der Waals surface area contributed by atoms with Gasteiger partial charge in [0.2, 0.25) is 0 Å². The van der Waals surface area contributed by atoms with Crippen LogP contribution in [0, 0.1) is 0 Å². The van der Waals surface area contributed by atoms with Gasteiger partial charge < -0.3 is 9.64 Å². The highest BCUT2D eigenvalue weighted by molar-refractivity contribution is 5.56. The Bertz CT molecular complexity index is 450. The summed E-state index contributed by atoms with van der Waals surface area (Å²) in [6, 6.07) is 0. The third-order valence-electron chi connectivity index (χ3n) is 4.17. The number of aromatic nitrogens is 1. The summed E-state index contributed by atoms with van der Waals surface area (Å²) in [4.78, 5) is 7.43. The van der Waals surface area contributed by atoms with Gasteiger partial charge in [0.25, 0.3) is 0 Å². The maximum Gasteiger partial charge on any atom is 0.132 e. The molecule has 18 heavy (non-hydrogen) atoms. The minimum atomic E-state index is 0.763. The van der Waals surface area contributed by atoms with Crippen molar-refractivity contribution in [3.05, 3.63) is 22.4 Å². The van der Waals surface area contributed by atoms with Gasteiger partial charge in [-0.05, 0) is 31.2 Å². The van der Waals surface area contributed by atoms with Gasteiger partial charge in [-0.15, -0.1) is 0 Å². The van der Waals surface area contributed by atoms with Gasteiger partial charge in [-0.3, -0.25) is 0 Å². The first-order valence-corrected chi connectivity index (χ1v) is 7.21. The van der Waals surface area contributed by atoms with Crippen LogP contribution in [0.1, 0.15) is 49.1 Å². The molecule has 3 heteroatoms. The predicted octanol–water partition coefficient (Wildman–Crippen LogP) is 2.84. The molecule has 0 bridgehead atoms. The van der Waals surface area contributed by atoms with Crippen LogP contribution in [0.15, 0.2) is 0 Å². The zero-order valence-corrected chi connectivity index (χ0v) is 11.5. The van der Waals surface area contributed by atoms with E-state index in [1.54, 1.807) is 0 Å². The molecule has 0 saturated carbocycles. The van der Waals surface area contributed by atoms with E-state index >= 15 is 0 Å². The lowest BCUT2D eigenvalue weighted by molar-refractivity contribution is 0.134. The van der Waals surface area contributed by atoms with Crippen LogP contribution in [0.2, 0.25) is 0 Å². The number of anilines is 1. The summed E-state index contributed by atoms with van der Waals surface area (Å²) in [7, 11) is 0. The van der Waals surface area contributed by atoms with Crippen LogP contribution in [0.3, 0.4) is 0 Å². The van der Waals surface area contributed by atoms with E-state index in [1.165, 1.54) is 54.1 Å². The second-order valence-corrected chi connectivity index (χ2v) is 5.21. The van der Waals surface area contributed by atoms with Crippen LogP contribution in [0.25, 0.3) is 0 Å². The van der Waals surface area contributed by atoms with Crippen LogP contribution in [0.4, 0.5) is 5.82 Å². The van der Waals surface area contributed by atoms with Crippen molar-refractivity contribution in [2.75, 3.05) is 18.0 Å². The van der Waals surface area contributed by atoms with Crippen LogP contribution in [-0.4, -0.2) is 18.1 Å². The Morgan fingerprint density at radius 1 is 1.06 bits per heavy atom. The van der Waals surface area contributed by atoms with Crippen molar-refractivity contribution < 1.29 is 4.74 Å². The van der Waals surface area contributed by atoms with Crippen LogP contribution in [-0.2, 0) is 30.8 Å². The molecule has 3 rings (SSSR count). The molecular formula is C15H22N2O. The number of hydrogen-bond acceptors (Lipinski definition) is 3. The first-order valence-electron chi connectivity index (χ1n) is 7.21. The van der Waals surface area contributed by atoms with E-state index in [0.29, 0.717) is 0 Å². The smallest absolute Gasteiger partial charge is 0.132 e. The summed E-state index contributed by atoms with van der Waals surface area (Å²) in [6.45, 7) is 8.32. The van der Waals surface area contributed by atoms with Crippen LogP contribution in [0.5, 0.6) is 0 Å². The lowest BCUT2D eigenvalue weighted by Crippen LogP contribution is -2.22. The summed E-state index contributed by atoms with van der Waals surface area (Å²) in [5, 5.41) is 0. The monoisotopic (exact) mass is 246 g/mol. The number of ether oxygens (including phenoxy) is 1. The van der Waals surface area contributed by atoms with Gasteiger partial charge in [-0.25, -0.2) is 4.98 Å². The number of pyridine rings is 1. The maximum absolute atomic E-state index is 5.66. The Morgan fingerprint density at radius 2 is 1.78 bits per heavy atom. The molecule has 0 unspecified atom stereocenters. The van der Waals surface area contributed by atoms with Gasteiger partial charge in [-0.2, -0.15) is 0 Å². The van der Waals surface area contributed by atoms with Crippen molar-refractivity contribution in [2.24, 2.45) is 0 Å². The predicted molar refractivity (Wildman–Crippen MR) is 72.9 cm³/mol. The second-order valence-electron chi connectivity index (χ2n) is 5.21. The van der Waals surface area contributed by atoms with E-state index in [1.807, 2.05) is 0 Å². The molecule has 0 atom stereocenters. The van der Waals surface area contributed by atoms with Crippen molar-refractivity contribution in [2.45, 2.75) is 52.7 Å².